The van der Waals surface area contributed by atoms with Crippen LogP contribution in [0.15, 0.2) is 35.9 Å². The Labute approximate surface area is 150 Å². The van der Waals surface area contributed by atoms with Crippen molar-refractivity contribution in [2.45, 2.75) is 19.2 Å². The van der Waals surface area contributed by atoms with E-state index in [1.807, 2.05) is 0 Å². The van der Waals surface area contributed by atoms with Gasteiger partial charge in [0.25, 0.3) is 0 Å². The number of carboxylic acids is 1. The lowest BCUT2D eigenvalue weighted by molar-refractivity contribution is -0.187. The number of hydrogen-bond donors (Lipinski definition) is 1. The Bertz CT molecular complexity index is 935. The minimum absolute atomic E-state index is 0.0754. The zero-order valence-corrected chi connectivity index (χ0v) is 14.0. The first kappa shape index (κ1) is 18.3. The van der Waals surface area contributed by atoms with Crippen LogP contribution in [0.3, 0.4) is 0 Å². The van der Waals surface area contributed by atoms with Gasteiger partial charge in [-0.2, -0.15) is 13.2 Å². The summed E-state index contributed by atoms with van der Waals surface area (Å²) in [7, 11) is 0. The standard InChI is InChI=1S/C18H11ClF4O3/c1-8-2-3-9(6-14(8)20)12-7-11(19)4-10-5-13(17(24)25)16(18(21,22)23)26-15(10)12/h2-7,16H,1H3,(H,24,25)/t16-/m0/s1. The average Bonchev–Trinajstić information content (AvgIpc) is 2.54. The molecule has 2 aromatic carbocycles. The summed E-state index contributed by atoms with van der Waals surface area (Å²) in [5.74, 6) is -2.49. The van der Waals surface area contributed by atoms with E-state index in [4.69, 9.17) is 21.4 Å². The molecule has 0 bridgehead atoms. The van der Waals surface area contributed by atoms with Gasteiger partial charge in [0, 0.05) is 16.1 Å². The number of halogens is 5. The van der Waals surface area contributed by atoms with E-state index < -0.39 is 29.6 Å². The molecule has 0 fully saturated rings. The molecule has 2 aromatic rings. The fourth-order valence-electron chi connectivity index (χ4n) is 2.67. The molecule has 0 aliphatic carbocycles. The summed E-state index contributed by atoms with van der Waals surface area (Å²) in [5, 5.41) is 9.24. The van der Waals surface area contributed by atoms with Gasteiger partial charge in [0.15, 0.2) is 0 Å². The first-order chi connectivity index (χ1) is 12.1. The van der Waals surface area contributed by atoms with Gasteiger partial charge in [-0.1, -0.05) is 23.7 Å². The van der Waals surface area contributed by atoms with Crippen molar-refractivity contribution in [3.8, 4) is 16.9 Å². The number of carboxylic acid groups (broad SMARTS) is 1. The number of fused-ring (bicyclic) bond motifs is 1. The largest absolute Gasteiger partial charge is 0.478 e. The number of hydrogen-bond acceptors (Lipinski definition) is 2. The molecule has 3 nitrogen and oxygen atoms in total. The van der Waals surface area contributed by atoms with Crippen LogP contribution >= 0.6 is 11.6 Å². The number of alkyl halides is 3. The number of benzene rings is 2. The second-order valence-electron chi connectivity index (χ2n) is 5.78. The van der Waals surface area contributed by atoms with Crippen LogP contribution in [0.1, 0.15) is 11.1 Å². The van der Waals surface area contributed by atoms with Crippen molar-refractivity contribution in [2.75, 3.05) is 0 Å². The van der Waals surface area contributed by atoms with Crippen molar-refractivity contribution in [2.24, 2.45) is 0 Å². The Balaban J connectivity index is 2.24. The van der Waals surface area contributed by atoms with E-state index in [1.54, 1.807) is 6.92 Å². The summed E-state index contributed by atoms with van der Waals surface area (Å²) in [6.45, 7) is 1.55. The summed E-state index contributed by atoms with van der Waals surface area (Å²) in [5.41, 5.74) is -0.104. The number of ether oxygens (including phenoxy) is 1. The van der Waals surface area contributed by atoms with Crippen molar-refractivity contribution >= 4 is 23.6 Å². The van der Waals surface area contributed by atoms with Gasteiger partial charge in [0.05, 0.1) is 5.57 Å². The van der Waals surface area contributed by atoms with Gasteiger partial charge < -0.3 is 9.84 Å². The normalized spacial score (nSPS) is 16.5. The Morgan fingerprint density at radius 2 is 1.92 bits per heavy atom. The molecule has 1 atom stereocenters. The van der Waals surface area contributed by atoms with E-state index in [0.717, 1.165) is 12.1 Å². The van der Waals surface area contributed by atoms with Crippen LogP contribution in [-0.4, -0.2) is 23.4 Å². The number of rotatable bonds is 2. The summed E-state index contributed by atoms with van der Waals surface area (Å²) in [4.78, 5) is 11.2. The molecule has 1 aliphatic rings. The maximum absolute atomic E-state index is 13.9. The van der Waals surface area contributed by atoms with Crippen LogP contribution in [0.25, 0.3) is 17.2 Å². The molecule has 0 amide bonds. The van der Waals surface area contributed by atoms with Crippen LogP contribution in [0.2, 0.25) is 5.02 Å². The molecule has 0 radical (unpaired) electrons. The second kappa shape index (κ2) is 6.32. The van der Waals surface area contributed by atoms with Crippen molar-refractivity contribution in [1.82, 2.24) is 0 Å². The van der Waals surface area contributed by atoms with Crippen molar-refractivity contribution < 1.29 is 32.2 Å². The van der Waals surface area contributed by atoms with Crippen molar-refractivity contribution in [3.63, 3.8) is 0 Å². The molecule has 136 valence electrons. The quantitative estimate of drug-likeness (QED) is 0.717. The lowest BCUT2D eigenvalue weighted by Crippen LogP contribution is -2.40. The molecule has 0 spiro atoms. The molecule has 26 heavy (non-hydrogen) atoms. The maximum Gasteiger partial charge on any atom is 0.430 e. The van der Waals surface area contributed by atoms with Gasteiger partial charge in [-0.25, -0.2) is 9.18 Å². The van der Waals surface area contributed by atoms with Crippen molar-refractivity contribution in [3.05, 3.63) is 57.9 Å². The third-order valence-corrected chi connectivity index (χ3v) is 4.16. The minimum Gasteiger partial charge on any atom is -0.478 e. The molecule has 0 saturated heterocycles. The van der Waals surface area contributed by atoms with E-state index in [0.29, 0.717) is 5.56 Å². The summed E-state index contributed by atoms with van der Waals surface area (Å²) < 4.78 is 58.7. The van der Waals surface area contributed by atoms with Gasteiger partial charge in [0.2, 0.25) is 6.10 Å². The van der Waals surface area contributed by atoms with Crippen LogP contribution in [0, 0.1) is 12.7 Å². The van der Waals surface area contributed by atoms with Gasteiger partial charge in [-0.3, -0.25) is 0 Å². The van der Waals surface area contributed by atoms with Gasteiger partial charge in [-0.05, 0) is 42.3 Å². The predicted molar refractivity (Wildman–Crippen MR) is 87.7 cm³/mol. The number of aliphatic carboxylic acids is 1. The molecule has 3 rings (SSSR count). The van der Waals surface area contributed by atoms with E-state index in [-0.39, 0.29) is 27.5 Å². The molecule has 1 N–H and O–H groups in total. The highest BCUT2D eigenvalue weighted by atomic mass is 35.5. The molecule has 1 aliphatic heterocycles. The highest BCUT2D eigenvalue weighted by Gasteiger charge is 2.48. The first-order valence-corrected chi connectivity index (χ1v) is 7.74. The minimum atomic E-state index is -4.93. The van der Waals surface area contributed by atoms with Gasteiger partial charge in [0.1, 0.15) is 11.6 Å². The van der Waals surface area contributed by atoms with Crippen LogP contribution in [0.5, 0.6) is 5.75 Å². The number of carbonyl (C=O) groups is 1. The van der Waals surface area contributed by atoms with E-state index in [9.17, 15) is 22.4 Å². The smallest absolute Gasteiger partial charge is 0.430 e. The Kier molecular flexibility index (Phi) is 4.44. The molecule has 0 aromatic heterocycles. The van der Waals surface area contributed by atoms with E-state index >= 15 is 0 Å². The van der Waals surface area contributed by atoms with Crippen molar-refractivity contribution in [1.29, 1.82) is 0 Å². The van der Waals surface area contributed by atoms with E-state index in [2.05, 4.69) is 0 Å². The Hall–Kier alpha value is -2.54. The van der Waals surface area contributed by atoms with Crippen LogP contribution in [-0.2, 0) is 4.79 Å². The highest BCUT2D eigenvalue weighted by molar-refractivity contribution is 6.31. The third-order valence-electron chi connectivity index (χ3n) is 3.94. The van der Waals surface area contributed by atoms with E-state index in [1.165, 1.54) is 24.3 Å². The monoisotopic (exact) mass is 386 g/mol. The zero-order chi connectivity index (χ0) is 19.2. The molecule has 8 heteroatoms. The Morgan fingerprint density at radius 1 is 1.23 bits per heavy atom. The maximum atomic E-state index is 13.9. The SMILES string of the molecule is Cc1ccc(-c2cc(Cl)cc3c2O[C@H](C(F)(F)F)C(C(=O)O)=C3)cc1F. The predicted octanol–water partition coefficient (Wildman–Crippen LogP) is 5.25. The molecular weight excluding hydrogens is 376 g/mol. The Morgan fingerprint density at radius 3 is 2.50 bits per heavy atom. The summed E-state index contributed by atoms with van der Waals surface area (Å²) >= 11 is 6.01. The fraction of sp³-hybridized carbons (Fsp3) is 0.167. The molecule has 0 unspecified atom stereocenters. The van der Waals surface area contributed by atoms with Crippen LogP contribution in [0.4, 0.5) is 17.6 Å². The van der Waals surface area contributed by atoms with Crippen LogP contribution < -0.4 is 4.74 Å². The molecule has 0 saturated carbocycles. The number of aryl methyl sites for hydroxylation is 1. The lowest BCUT2D eigenvalue weighted by Gasteiger charge is -2.28. The average molecular weight is 387 g/mol. The summed E-state index contributed by atoms with van der Waals surface area (Å²) in [6, 6.07) is 6.79. The lowest BCUT2D eigenvalue weighted by atomic mass is 9.95. The second-order valence-corrected chi connectivity index (χ2v) is 6.22. The van der Waals surface area contributed by atoms with Gasteiger partial charge >= 0.3 is 12.1 Å². The fourth-order valence-corrected chi connectivity index (χ4v) is 2.90. The highest BCUT2D eigenvalue weighted by Crippen LogP contribution is 2.44. The molecular formula is C18H11ClF4O3. The summed E-state index contributed by atoms with van der Waals surface area (Å²) in [6.07, 6.45) is -6.70. The third kappa shape index (κ3) is 3.26. The topological polar surface area (TPSA) is 46.5 Å². The van der Waals surface area contributed by atoms with Gasteiger partial charge in [-0.15, -0.1) is 0 Å². The first-order valence-electron chi connectivity index (χ1n) is 7.36. The zero-order valence-electron chi connectivity index (χ0n) is 13.2. The molecule has 1 heterocycles.